The van der Waals surface area contributed by atoms with Crippen molar-refractivity contribution in [3.05, 3.63) is 74.6 Å². The van der Waals surface area contributed by atoms with E-state index < -0.39 is 29.2 Å². The van der Waals surface area contributed by atoms with Gasteiger partial charge in [-0.2, -0.15) is 0 Å². The standard InChI is InChI=1S/C20H20N4O5/c1-23-17-14(19(27)24(2)20(23)28)9-13(11-21-17)18(26)22-15(10-16(25)29-3)12-7-5-4-6-8-12/h4-9,11,15H,10H2,1-3H3,(H,22,26). The van der Waals surface area contributed by atoms with Crippen LogP contribution < -0.4 is 16.6 Å². The van der Waals surface area contributed by atoms with Gasteiger partial charge in [-0.1, -0.05) is 30.3 Å². The van der Waals surface area contributed by atoms with E-state index in [1.807, 2.05) is 6.07 Å². The number of methoxy groups -OCH3 is 1. The number of hydrogen-bond donors (Lipinski definition) is 1. The third kappa shape index (κ3) is 3.93. The maximum absolute atomic E-state index is 12.8. The van der Waals surface area contributed by atoms with Gasteiger partial charge in [-0.25, -0.2) is 9.78 Å². The monoisotopic (exact) mass is 396 g/mol. The van der Waals surface area contributed by atoms with Gasteiger partial charge in [-0.3, -0.25) is 23.5 Å². The second-order valence-corrected chi connectivity index (χ2v) is 6.52. The average Bonchev–Trinajstić information content (AvgIpc) is 2.75. The fourth-order valence-electron chi connectivity index (χ4n) is 3.02. The number of pyridine rings is 1. The zero-order valence-electron chi connectivity index (χ0n) is 16.2. The number of carbonyl (C=O) groups is 2. The predicted molar refractivity (Wildman–Crippen MR) is 106 cm³/mol. The number of amides is 1. The third-order valence-corrected chi connectivity index (χ3v) is 4.66. The Kier molecular flexibility index (Phi) is 5.58. The van der Waals surface area contributed by atoms with Crippen molar-refractivity contribution < 1.29 is 14.3 Å². The normalized spacial score (nSPS) is 11.8. The van der Waals surface area contributed by atoms with Gasteiger partial charge < -0.3 is 10.1 Å². The Bertz CT molecular complexity index is 1200. The van der Waals surface area contributed by atoms with Gasteiger partial charge in [-0.05, 0) is 11.6 Å². The van der Waals surface area contributed by atoms with E-state index in [9.17, 15) is 19.2 Å². The maximum Gasteiger partial charge on any atom is 0.332 e. The molecule has 0 radical (unpaired) electrons. The largest absolute Gasteiger partial charge is 0.469 e. The van der Waals surface area contributed by atoms with E-state index in [2.05, 4.69) is 10.3 Å². The molecule has 0 saturated heterocycles. The van der Waals surface area contributed by atoms with Crippen LogP contribution in [-0.2, 0) is 23.6 Å². The molecule has 0 saturated carbocycles. The Labute approximate surface area is 165 Å². The first-order chi connectivity index (χ1) is 13.8. The van der Waals surface area contributed by atoms with E-state index in [1.54, 1.807) is 24.3 Å². The SMILES string of the molecule is COC(=O)CC(NC(=O)c1cnc2c(c1)c(=O)n(C)c(=O)n2C)c1ccccc1. The van der Waals surface area contributed by atoms with Crippen LogP contribution in [0.15, 0.2) is 52.2 Å². The van der Waals surface area contributed by atoms with E-state index in [0.29, 0.717) is 0 Å². The van der Waals surface area contributed by atoms with Crippen molar-refractivity contribution in [3.8, 4) is 0 Å². The Balaban J connectivity index is 1.98. The van der Waals surface area contributed by atoms with Gasteiger partial charge in [0, 0.05) is 20.3 Å². The van der Waals surface area contributed by atoms with E-state index in [4.69, 9.17) is 4.74 Å². The maximum atomic E-state index is 12.8. The van der Waals surface area contributed by atoms with Crippen LogP contribution in [0.3, 0.4) is 0 Å². The number of rotatable bonds is 5. The Morgan fingerprint density at radius 2 is 1.83 bits per heavy atom. The first-order valence-corrected chi connectivity index (χ1v) is 8.82. The highest BCUT2D eigenvalue weighted by Gasteiger charge is 2.21. The van der Waals surface area contributed by atoms with Gasteiger partial charge in [0.2, 0.25) is 0 Å². The molecule has 0 aliphatic heterocycles. The fourth-order valence-corrected chi connectivity index (χ4v) is 3.02. The van der Waals surface area contributed by atoms with Crippen molar-refractivity contribution in [3.63, 3.8) is 0 Å². The molecule has 3 aromatic rings. The molecule has 1 unspecified atom stereocenters. The minimum Gasteiger partial charge on any atom is -0.469 e. The van der Waals surface area contributed by atoms with Crippen LogP contribution in [0.4, 0.5) is 0 Å². The second-order valence-electron chi connectivity index (χ2n) is 6.52. The molecule has 3 rings (SSSR count). The van der Waals surface area contributed by atoms with Crippen LogP contribution in [0, 0.1) is 0 Å². The summed E-state index contributed by atoms with van der Waals surface area (Å²) < 4.78 is 6.91. The smallest absolute Gasteiger partial charge is 0.332 e. The van der Waals surface area contributed by atoms with E-state index in [1.165, 1.54) is 38.0 Å². The summed E-state index contributed by atoms with van der Waals surface area (Å²) in [5.74, 6) is -0.979. The van der Waals surface area contributed by atoms with Crippen molar-refractivity contribution in [2.45, 2.75) is 12.5 Å². The number of nitrogens with one attached hydrogen (secondary N) is 1. The third-order valence-electron chi connectivity index (χ3n) is 4.66. The highest BCUT2D eigenvalue weighted by atomic mass is 16.5. The minimum atomic E-state index is -0.616. The van der Waals surface area contributed by atoms with Crippen molar-refractivity contribution in [2.75, 3.05) is 7.11 Å². The molecule has 9 heteroatoms. The van der Waals surface area contributed by atoms with Gasteiger partial charge >= 0.3 is 11.7 Å². The van der Waals surface area contributed by atoms with Crippen LogP contribution >= 0.6 is 0 Å². The molecule has 0 bridgehead atoms. The number of nitrogens with zero attached hydrogens (tertiary/aromatic N) is 3. The van der Waals surface area contributed by atoms with Crippen LogP contribution in [0.5, 0.6) is 0 Å². The summed E-state index contributed by atoms with van der Waals surface area (Å²) in [6.45, 7) is 0. The van der Waals surface area contributed by atoms with Crippen molar-refractivity contribution in [1.29, 1.82) is 0 Å². The molecule has 29 heavy (non-hydrogen) atoms. The lowest BCUT2D eigenvalue weighted by molar-refractivity contribution is -0.141. The summed E-state index contributed by atoms with van der Waals surface area (Å²) in [7, 11) is 4.14. The van der Waals surface area contributed by atoms with Gasteiger partial charge in [0.15, 0.2) is 0 Å². The summed E-state index contributed by atoms with van der Waals surface area (Å²) in [6, 6.07) is 9.78. The summed E-state index contributed by atoms with van der Waals surface area (Å²) in [6.07, 6.45) is 1.24. The number of esters is 1. The van der Waals surface area contributed by atoms with Crippen molar-refractivity contribution in [2.24, 2.45) is 14.1 Å². The molecule has 0 spiro atoms. The highest BCUT2D eigenvalue weighted by Crippen LogP contribution is 2.18. The predicted octanol–water partition coefficient (Wildman–Crippen LogP) is 0.666. The second kappa shape index (κ2) is 8.09. The van der Waals surface area contributed by atoms with Gasteiger partial charge in [-0.15, -0.1) is 0 Å². The highest BCUT2D eigenvalue weighted by molar-refractivity contribution is 5.97. The summed E-state index contributed by atoms with van der Waals surface area (Å²) in [4.78, 5) is 53.1. The van der Waals surface area contributed by atoms with Crippen LogP contribution in [0.1, 0.15) is 28.4 Å². The molecule has 2 heterocycles. The van der Waals surface area contributed by atoms with Gasteiger partial charge in [0.1, 0.15) is 5.65 Å². The van der Waals surface area contributed by atoms with Crippen molar-refractivity contribution >= 4 is 22.9 Å². The fraction of sp³-hybridized carbons (Fsp3) is 0.250. The average molecular weight is 396 g/mol. The van der Waals surface area contributed by atoms with E-state index >= 15 is 0 Å². The van der Waals surface area contributed by atoms with E-state index in [-0.39, 0.29) is 23.0 Å². The van der Waals surface area contributed by atoms with E-state index in [0.717, 1.165) is 10.1 Å². The van der Waals surface area contributed by atoms with Crippen molar-refractivity contribution in [1.82, 2.24) is 19.4 Å². The molecule has 150 valence electrons. The minimum absolute atomic E-state index is 0.0521. The van der Waals surface area contributed by atoms with Crippen LogP contribution in [-0.4, -0.2) is 33.1 Å². The lowest BCUT2D eigenvalue weighted by Gasteiger charge is -2.18. The number of aryl methyl sites for hydroxylation is 1. The molecule has 2 aromatic heterocycles. The zero-order valence-corrected chi connectivity index (χ0v) is 16.2. The number of ether oxygens (including phenoxy) is 1. The molecule has 0 fully saturated rings. The molecule has 1 amide bonds. The number of fused-ring (bicyclic) bond motifs is 1. The number of aromatic nitrogens is 3. The Hall–Kier alpha value is -3.75. The molecule has 1 atom stereocenters. The van der Waals surface area contributed by atoms with Crippen LogP contribution in [0.2, 0.25) is 0 Å². The number of carbonyl (C=O) groups excluding carboxylic acids is 2. The van der Waals surface area contributed by atoms with Gasteiger partial charge in [0.25, 0.3) is 11.5 Å². The first kappa shape index (κ1) is 20.0. The molecule has 1 N–H and O–H groups in total. The van der Waals surface area contributed by atoms with Crippen LogP contribution in [0.25, 0.3) is 11.0 Å². The lowest BCUT2D eigenvalue weighted by atomic mass is 10.0. The summed E-state index contributed by atoms with van der Waals surface area (Å²) in [5.41, 5.74) is 0.00927. The molecule has 0 aliphatic carbocycles. The molecule has 1 aromatic carbocycles. The zero-order chi connectivity index (χ0) is 21.1. The molecular weight excluding hydrogens is 376 g/mol. The number of hydrogen-bond acceptors (Lipinski definition) is 6. The molecule has 9 nitrogen and oxygen atoms in total. The Morgan fingerprint density at radius 3 is 2.48 bits per heavy atom. The first-order valence-electron chi connectivity index (χ1n) is 8.82. The number of benzene rings is 1. The molecular formula is C20H20N4O5. The lowest BCUT2D eigenvalue weighted by Crippen LogP contribution is -2.37. The summed E-state index contributed by atoms with van der Waals surface area (Å²) >= 11 is 0. The van der Waals surface area contributed by atoms with Gasteiger partial charge in [0.05, 0.1) is 30.5 Å². The topological polar surface area (TPSA) is 112 Å². The Morgan fingerprint density at radius 1 is 1.14 bits per heavy atom. The molecule has 0 aliphatic rings. The summed E-state index contributed by atoms with van der Waals surface area (Å²) in [5, 5.41) is 2.93. The quantitative estimate of drug-likeness (QED) is 0.634.